The number of Topliss-reactive ketones (excluding diaryl/α,β-unsaturated/α-hetero) is 1. The predicted molar refractivity (Wildman–Crippen MR) is 55.6 cm³/mol. The van der Waals surface area contributed by atoms with Gasteiger partial charge in [0.05, 0.1) is 0 Å². The maximum absolute atomic E-state index is 13.7. The summed E-state index contributed by atoms with van der Waals surface area (Å²) in [5.74, 6) is -32.5. The molecular formula is C11H9F13O. The molecule has 1 nitrogen and oxygen atoms in total. The first-order valence-electron chi connectivity index (χ1n) is 5.91. The summed E-state index contributed by atoms with van der Waals surface area (Å²) < 4.78 is 171. The van der Waals surface area contributed by atoms with Gasteiger partial charge in [-0.2, -0.15) is 48.3 Å². The molecule has 0 aromatic heterocycles. The molecule has 150 valence electrons. The maximum Gasteiger partial charge on any atom is 0.435 e. The summed E-state index contributed by atoms with van der Waals surface area (Å²) in [7, 11) is 0. The Morgan fingerprint density at radius 3 is 1.12 bits per heavy atom. The van der Waals surface area contributed by atoms with Gasteiger partial charge in [0.1, 0.15) is 0 Å². The van der Waals surface area contributed by atoms with E-state index in [1.807, 2.05) is 0 Å². The number of carbonyl (C=O) groups is 1. The van der Waals surface area contributed by atoms with E-state index in [1.165, 1.54) is 0 Å². The fourth-order valence-corrected chi connectivity index (χ4v) is 1.58. The third-order valence-electron chi connectivity index (χ3n) is 3.23. The minimum Gasteiger partial charge on any atom is -0.293 e. The normalized spacial score (nSPS) is 18.1. The number of hydrogen-bond donors (Lipinski definition) is 0. The van der Waals surface area contributed by atoms with Crippen molar-refractivity contribution in [3.05, 3.63) is 0 Å². The summed E-state index contributed by atoms with van der Waals surface area (Å²) in [6.07, 6.45) is -7.62. The van der Waals surface area contributed by atoms with Crippen molar-refractivity contribution in [2.24, 2.45) is 0 Å². The van der Waals surface area contributed by atoms with E-state index in [0.29, 0.717) is 0 Å². The highest BCUT2D eigenvalue weighted by Gasteiger charge is 2.94. The first-order valence-corrected chi connectivity index (χ1v) is 5.91. The van der Waals surface area contributed by atoms with E-state index in [0.717, 1.165) is 0 Å². The number of alkyl halides is 13. The smallest absolute Gasteiger partial charge is 0.293 e. The molecule has 25 heavy (non-hydrogen) atoms. The van der Waals surface area contributed by atoms with Crippen molar-refractivity contribution in [1.29, 1.82) is 0 Å². The average Bonchev–Trinajstić information content (AvgIpc) is 2.33. The lowest BCUT2D eigenvalue weighted by Crippen LogP contribution is -2.77. The van der Waals surface area contributed by atoms with E-state index in [1.54, 1.807) is 0 Å². The fraction of sp³-hybridized carbons (Fsp3) is 0.909. The molecule has 0 spiro atoms. The molecule has 0 radical (unpaired) electrons. The van der Waals surface area contributed by atoms with Crippen LogP contribution in [0.4, 0.5) is 57.1 Å². The Morgan fingerprint density at radius 2 is 0.920 bits per heavy atom. The zero-order valence-corrected chi connectivity index (χ0v) is 12.3. The van der Waals surface area contributed by atoms with Crippen molar-refractivity contribution < 1.29 is 61.9 Å². The van der Waals surface area contributed by atoms with Crippen molar-refractivity contribution in [2.45, 2.75) is 62.0 Å². The van der Waals surface area contributed by atoms with Gasteiger partial charge in [0.25, 0.3) is 0 Å². The van der Waals surface area contributed by atoms with Gasteiger partial charge >= 0.3 is 35.5 Å². The van der Waals surface area contributed by atoms with Crippen LogP contribution < -0.4 is 0 Å². The molecule has 0 bridgehead atoms. The van der Waals surface area contributed by atoms with Crippen LogP contribution in [-0.4, -0.2) is 47.0 Å². The van der Waals surface area contributed by atoms with E-state index < -0.39 is 67.8 Å². The summed E-state index contributed by atoms with van der Waals surface area (Å²) in [5, 5.41) is 0. The summed E-state index contributed by atoms with van der Waals surface area (Å²) in [5.41, 5.74) is -12.4. The van der Waals surface area contributed by atoms with Crippen LogP contribution in [0, 0.1) is 0 Å². The largest absolute Gasteiger partial charge is 0.435 e. The van der Waals surface area contributed by atoms with E-state index in [2.05, 4.69) is 0 Å². The Bertz CT molecular complexity index is 527. The third-order valence-corrected chi connectivity index (χ3v) is 3.23. The van der Waals surface area contributed by atoms with Gasteiger partial charge in [-0.15, -0.1) is 0 Å². The number of hydrogen-bond acceptors (Lipinski definition) is 1. The van der Waals surface area contributed by atoms with Gasteiger partial charge in [-0.25, -0.2) is 8.78 Å². The third kappa shape index (κ3) is 2.84. The second-order valence-electron chi connectivity index (χ2n) is 5.48. The SMILES string of the molecule is CC(=O)C(F)(F)C(F)(C(F)(F)F)C(F)(F)C(F)(F)C(F)(F)C(C)(C)F. The van der Waals surface area contributed by atoms with Crippen LogP contribution in [0.5, 0.6) is 0 Å². The molecule has 0 aliphatic rings. The monoisotopic (exact) mass is 404 g/mol. The molecule has 0 saturated carbocycles. The zero-order chi connectivity index (χ0) is 21.1. The standard InChI is InChI=1S/C11H9F13O/c1-4(25)6(13,14)7(15,11(22,23)24)9(18,19)10(20,21)8(16,17)5(2,3)12/h1-3H3. The highest BCUT2D eigenvalue weighted by Crippen LogP contribution is 2.63. The van der Waals surface area contributed by atoms with Gasteiger partial charge in [0.15, 0.2) is 5.67 Å². The molecule has 0 amide bonds. The quantitative estimate of drug-likeness (QED) is 0.561. The summed E-state index contributed by atoms with van der Waals surface area (Å²) in [6, 6.07) is 0. The van der Waals surface area contributed by atoms with Crippen LogP contribution in [0.2, 0.25) is 0 Å². The van der Waals surface area contributed by atoms with Crippen LogP contribution in [0.25, 0.3) is 0 Å². The Hall–Kier alpha value is -1.24. The highest BCUT2D eigenvalue weighted by molar-refractivity contribution is 5.85. The van der Waals surface area contributed by atoms with Crippen molar-refractivity contribution in [3.63, 3.8) is 0 Å². The van der Waals surface area contributed by atoms with Crippen molar-refractivity contribution in [3.8, 4) is 0 Å². The fourth-order valence-electron chi connectivity index (χ4n) is 1.58. The second kappa shape index (κ2) is 5.63. The molecule has 0 heterocycles. The molecule has 0 aliphatic heterocycles. The topological polar surface area (TPSA) is 17.1 Å². The Labute approximate surface area is 131 Å². The van der Waals surface area contributed by atoms with Gasteiger partial charge in [-0.05, 0) is 13.8 Å². The first-order chi connectivity index (χ1) is 10.4. The maximum atomic E-state index is 13.7. The molecular weight excluding hydrogens is 395 g/mol. The van der Waals surface area contributed by atoms with Gasteiger partial charge in [-0.3, -0.25) is 4.79 Å². The second-order valence-corrected chi connectivity index (χ2v) is 5.48. The van der Waals surface area contributed by atoms with Crippen molar-refractivity contribution >= 4 is 5.78 Å². The highest BCUT2D eigenvalue weighted by atomic mass is 19.4. The van der Waals surface area contributed by atoms with Gasteiger partial charge in [0.2, 0.25) is 5.78 Å². The lowest BCUT2D eigenvalue weighted by atomic mass is 9.79. The molecule has 0 saturated heterocycles. The Morgan fingerprint density at radius 1 is 0.600 bits per heavy atom. The lowest BCUT2D eigenvalue weighted by molar-refractivity contribution is -0.427. The van der Waals surface area contributed by atoms with Gasteiger partial charge in [-0.1, -0.05) is 0 Å². The first kappa shape index (κ1) is 23.8. The minimum atomic E-state index is -7.94. The van der Waals surface area contributed by atoms with Crippen molar-refractivity contribution in [1.82, 2.24) is 0 Å². The zero-order valence-electron chi connectivity index (χ0n) is 12.3. The van der Waals surface area contributed by atoms with Gasteiger partial charge < -0.3 is 0 Å². The van der Waals surface area contributed by atoms with E-state index in [-0.39, 0.29) is 0 Å². The van der Waals surface area contributed by atoms with Crippen LogP contribution in [0.3, 0.4) is 0 Å². The van der Waals surface area contributed by atoms with Crippen LogP contribution in [0.1, 0.15) is 20.8 Å². The van der Waals surface area contributed by atoms with Crippen molar-refractivity contribution in [2.75, 3.05) is 0 Å². The predicted octanol–water partition coefficient (Wildman–Crippen LogP) is 5.14. The summed E-state index contributed by atoms with van der Waals surface area (Å²) in [6.45, 7) is -1.52. The molecule has 0 N–H and O–H groups in total. The number of halogens is 13. The van der Waals surface area contributed by atoms with E-state index >= 15 is 0 Å². The van der Waals surface area contributed by atoms with Crippen LogP contribution in [-0.2, 0) is 4.79 Å². The molecule has 1 unspecified atom stereocenters. The van der Waals surface area contributed by atoms with Crippen LogP contribution in [0.15, 0.2) is 0 Å². The lowest BCUT2D eigenvalue weighted by Gasteiger charge is -2.45. The molecule has 0 rings (SSSR count). The number of carbonyl (C=O) groups excluding carboxylic acids is 1. The number of ketones is 1. The van der Waals surface area contributed by atoms with Crippen LogP contribution >= 0.6 is 0 Å². The molecule has 1 atom stereocenters. The van der Waals surface area contributed by atoms with E-state index in [4.69, 9.17) is 0 Å². The average molecular weight is 404 g/mol. The molecule has 0 aromatic carbocycles. The summed E-state index contributed by atoms with van der Waals surface area (Å²) >= 11 is 0. The Kier molecular flexibility index (Phi) is 5.35. The number of rotatable bonds is 6. The van der Waals surface area contributed by atoms with E-state index in [9.17, 15) is 61.9 Å². The molecule has 0 fully saturated rings. The molecule has 0 aliphatic carbocycles. The van der Waals surface area contributed by atoms with Gasteiger partial charge in [0, 0.05) is 6.92 Å². The Balaban J connectivity index is 6.93. The summed E-state index contributed by atoms with van der Waals surface area (Å²) in [4.78, 5) is 10.4. The molecule has 0 aromatic rings. The molecule has 14 heteroatoms. The minimum absolute atomic E-state index is 0.479.